The first kappa shape index (κ1) is 23.9. The average molecular weight is 422 g/mol. The van der Waals surface area contributed by atoms with Gasteiger partial charge in [-0.25, -0.2) is 4.79 Å². The molecule has 1 aromatic carbocycles. The minimum absolute atomic E-state index is 0.0324. The van der Waals surface area contributed by atoms with Crippen molar-refractivity contribution in [3.8, 4) is 0 Å². The number of ether oxygens (including phenoxy) is 1. The molecular formula is C23H39NO4Si. The summed E-state index contributed by atoms with van der Waals surface area (Å²) in [5.74, 6) is 0.0324. The van der Waals surface area contributed by atoms with Crippen molar-refractivity contribution in [2.24, 2.45) is 5.92 Å². The molecule has 1 atom stereocenters. The fourth-order valence-corrected chi connectivity index (χ4v) is 4.17. The van der Waals surface area contributed by atoms with Gasteiger partial charge in [0.1, 0.15) is 5.60 Å². The normalized spacial score (nSPS) is 17.1. The number of rotatable bonds is 6. The van der Waals surface area contributed by atoms with Gasteiger partial charge < -0.3 is 19.2 Å². The van der Waals surface area contributed by atoms with Gasteiger partial charge in [-0.1, -0.05) is 45.0 Å². The van der Waals surface area contributed by atoms with Crippen LogP contribution in [-0.2, 0) is 15.6 Å². The van der Waals surface area contributed by atoms with Crippen molar-refractivity contribution in [1.82, 2.24) is 4.90 Å². The number of hydrogen-bond acceptors (Lipinski definition) is 4. The summed E-state index contributed by atoms with van der Waals surface area (Å²) in [5.41, 5.74) is 1.56. The van der Waals surface area contributed by atoms with Gasteiger partial charge in [-0.15, -0.1) is 0 Å². The highest BCUT2D eigenvalue weighted by atomic mass is 28.4. The van der Waals surface area contributed by atoms with Crippen LogP contribution in [0.25, 0.3) is 0 Å². The maximum atomic E-state index is 12.1. The lowest BCUT2D eigenvalue weighted by Gasteiger charge is -2.42. The van der Waals surface area contributed by atoms with Crippen LogP contribution in [0, 0.1) is 5.92 Å². The number of carbonyl (C=O) groups excluding carboxylic acids is 1. The highest BCUT2D eigenvalue weighted by Gasteiger charge is 2.39. The van der Waals surface area contributed by atoms with E-state index in [9.17, 15) is 9.90 Å². The van der Waals surface area contributed by atoms with Crippen LogP contribution in [0.5, 0.6) is 0 Å². The summed E-state index contributed by atoms with van der Waals surface area (Å²) in [6.45, 7) is 18.5. The molecule has 0 bridgehead atoms. The fourth-order valence-electron chi connectivity index (χ4n) is 3.12. The summed E-state index contributed by atoms with van der Waals surface area (Å²) in [7, 11) is -1.78. The number of nitrogens with zero attached hydrogens (tertiary/aromatic N) is 1. The van der Waals surface area contributed by atoms with Crippen molar-refractivity contribution in [1.29, 1.82) is 0 Å². The molecule has 1 aliphatic heterocycles. The van der Waals surface area contributed by atoms with Crippen molar-refractivity contribution < 1.29 is 19.1 Å². The summed E-state index contributed by atoms with van der Waals surface area (Å²) >= 11 is 0. The molecule has 1 amide bonds. The number of likely N-dealkylation sites (tertiary alicyclic amines) is 1. The monoisotopic (exact) mass is 421 g/mol. The Labute approximate surface area is 177 Å². The molecular weight excluding hydrogens is 382 g/mol. The van der Waals surface area contributed by atoms with E-state index in [1.165, 1.54) is 0 Å². The molecule has 0 spiro atoms. The van der Waals surface area contributed by atoms with E-state index in [0.717, 1.165) is 17.5 Å². The van der Waals surface area contributed by atoms with Gasteiger partial charge >= 0.3 is 6.09 Å². The van der Waals surface area contributed by atoms with Gasteiger partial charge in [-0.05, 0) is 56.5 Å². The van der Waals surface area contributed by atoms with E-state index in [1.54, 1.807) is 4.90 Å². The second-order valence-corrected chi connectivity index (χ2v) is 15.5. The summed E-state index contributed by atoms with van der Waals surface area (Å²) in [6, 6.07) is 8.02. The Bertz CT molecular complexity index is 700. The minimum Gasteiger partial charge on any atom is -0.444 e. The Morgan fingerprint density at radius 3 is 2.31 bits per heavy atom. The zero-order valence-corrected chi connectivity index (χ0v) is 20.4. The molecule has 0 aliphatic carbocycles. The lowest BCUT2D eigenvalue weighted by molar-refractivity contribution is -0.0316. The van der Waals surface area contributed by atoms with Crippen LogP contribution < -0.4 is 0 Å². The van der Waals surface area contributed by atoms with E-state index >= 15 is 0 Å². The summed E-state index contributed by atoms with van der Waals surface area (Å²) in [5, 5.41) is 11.1. The van der Waals surface area contributed by atoms with E-state index in [4.69, 9.17) is 9.16 Å². The van der Waals surface area contributed by atoms with Gasteiger partial charge in [0.25, 0.3) is 0 Å². The second-order valence-electron chi connectivity index (χ2n) is 10.6. The third-order valence-corrected chi connectivity index (χ3v) is 10.6. The molecule has 0 radical (unpaired) electrons. The summed E-state index contributed by atoms with van der Waals surface area (Å²) in [4.78, 5) is 13.8. The van der Waals surface area contributed by atoms with Crippen LogP contribution in [0.3, 0.4) is 0 Å². The highest BCUT2D eigenvalue weighted by molar-refractivity contribution is 6.74. The molecule has 29 heavy (non-hydrogen) atoms. The first-order valence-electron chi connectivity index (χ1n) is 10.6. The van der Waals surface area contributed by atoms with E-state index < -0.39 is 20.0 Å². The van der Waals surface area contributed by atoms with Gasteiger partial charge in [0.05, 0.1) is 6.10 Å². The van der Waals surface area contributed by atoms with E-state index in [1.807, 2.05) is 39.0 Å². The van der Waals surface area contributed by atoms with Crippen molar-refractivity contribution in [2.75, 3.05) is 19.7 Å². The molecule has 1 unspecified atom stereocenters. The molecule has 0 aromatic heterocycles. The largest absolute Gasteiger partial charge is 0.444 e. The summed E-state index contributed by atoms with van der Waals surface area (Å²) in [6.07, 6.45) is -0.114. The average Bonchev–Trinajstić information content (AvgIpc) is 2.50. The van der Waals surface area contributed by atoms with Crippen molar-refractivity contribution in [3.63, 3.8) is 0 Å². The van der Waals surface area contributed by atoms with Crippen LogP contribution in [-0.4, -0.2) is 49.7 Å². The van der Waals surface area contributed by atoms with Gasteiger partial charge in [-0.3, -0.25) is 0 Å². The SMILES string of the molecule is CC(C)(C)OC(=O)N1CC(C(O)c2ccccc2CCO[Si](C)(C)C(C)(C)C)C1. The zero-order chi connectivity index (χ0) is 22.0. The maximum absolute atomic E-state index is 12.1. The highest BCUT2D eigenvalue weighted by Crippen LogP contribution is 2.37. The molecule has 1 aromatic rings. The van der Waals surface area contributed by atoms with Gasteiger partial charge in [0, 0.05) is 25.6 Å². The maximum Gasteiger partial charge on any atom is 0.410 e. The second kappa shape index (κ2) is 8.78. The topological polar surface area (TPSA) is 59.0 Å². The molecule has 5 nitrogen and oxygen atoms in total. The predicted molar refractivity (Wildman–Crippen MR) is 120 cm³/mol. The van der Waals surface area contributed by atoms with Crippen LogP contribution in [0.1, 0.15) is 58.8 Å². The number of benzene rings is 1. The minimum atomic E-state index is -1.78. The lowest BCUT2D eigenvalue weighted by Crippen LogP contribution is -2.53. The number of hydrogen-bond donors (Lipinski definition) is 1. The molecule has 164 valence electrons. The molecule has 6 heteroatoms. The Balaban J connectivity index is 1.94. The van der Waals surface area contributed by atoms with E-state index in [0.29, 0.717) is 19.7 Å². The Kier molecular flexibility index (Phi) is 7.24. The fraction of sp³-hybridized carbons (Fsp3) is 0.696. The third kappa shape index (κ3) is 6.30. The number of amides is 1. The number of aliphatic hydroxyl groups excluding tert-OH is 1. The molecule has 1 heterocycles. The van der Waals surface area contributed by atoms with Gasteiger partial charge in [0.15, 0.2) is 8.32 Å². The van der Waals surface area contributed by atoms with E-state index in [-0.39, 0.29) is 17.0 Å². The molecule has 1 N–H and O–H groups in total. The quantitative estimate of drug-likeness (QED) is 0.645. The Morgan fingerprint density at radius 2 is 1.76 bits per heavy atom. The molecule has 1 aliphatic rings. The first-order valence-corrected chi connectivity index (χ1v) is 13.5. The van der Waals surface area contributed by atoms with Gasteiger partial charge in [-0.2, -0.15) is 0 Å². The standard InChI is InChI=1S/C23H39NO4Si/c1-22(2,3)28-21(26)24-15-18(16-24)20(25)19-12-10-9-11-17(19)13-14-27-29(7,8)23(4,5)6/h9-12,18,20,25H,13-16H2,1-8H3. The predicted octanol–water partition coefficient (Wildman–Crippen LogP) is 5.15. The molecule has 1 fully saturated rings. The third-order valence-electron chi connectivity index (χ3n) is 6.02. The first-order chi connectivity index (χ1) is 13.2. The molecule has 1 saturated heterocycles. The Hall–Kier alpha value is -1.37. The van der Waals surface area contributed by atoms with Crippen molar-refractivity contribution >= 4 is 14.4 Å². The van der Waals surface area contributed by atoms with Crippen LogP contribution in [0.4, 0.5) is 4.79 Å². The van der Waals surface area contributed by atoms with Crippen LogP contribution >= 0.6 is 0 Å². The zero-order valence-electron chi connectivity index (χ0n) is 19.4. The number of carbonyl (C=O) groups is 1. The van der Waals surface area contributed by atoms with Crippen LogP contribution in [0.15, 0.2) is 24.3 Å². The molecule has 0 saturated carbocycles. The van der Waals surface area contributed by atoms with Crippen LogP contribution in [0.2, 0.25) is 18.1 Å². The smallest absolute Gasteiger partial charge is 0.410 e. The van der Waals surface area contributed by atoms with E-state index in [2.05, 4.69) is 39.9 Å². The Morgan fingerprint density at radius 1 is 1.17 bits per heavy atom. The summed E-state index contributed by atoms with van der Waals surface area (Å²) < 4.78 is 11.7. The van der Waals surface area contributed by atoms with Crippen molar-refractivity contribution in [3.05, 3.63) is 35.4 Å². The van der Waals surface area contributed by atoms with Crippen molar-refractivity contribution in [2.45, 2.75) is 77.8 Å². The molecule has 2 rings (SSSR count). The lowest BCUT2D eigenvalue weighted by atomic mass is 9.86. The van der Waals surface area contributed by atoms with Gasteiger partial charge in [0.2, 0.25) is 0 Å². The number of aliphatic hydroxyl groups is 1.